The highest BCUT2D eigenvalue weighted by Gasteiger charge is 2.13. The second kappa shape index (κ2) is 9.07. The molecule has 1 aromatic rings. The minimum absolute atomic E-state index is 0.0794. The summed E-state index contributed by atoms with van der Waals surface area (Å²) in [5.74, 6) is 0.495. The third-order valence-electron chi connectivity index (χ3n) is 3.07. The van der Waals surface area contributed by atoms with E-state index in [9.17, 15) is 9.59 Å². The smallest absolute Gasteiger partial charge is 0.243 e. The second-order valence-electron chi connectivity index (χ2n) is 5.53. The second-order valence-corrected chi connectivity index (χ2v) is 5.53. The van der Waals surface area contributed by atoms with Gasteiger partial charge in [0.05, 0.1) is 12.6 Å². The molecule has 0 unspecified atom stereocenters. The zero-order valence-corrected chi connectivity index (χ0v) is 13.9. The van der Waals surface area contributed by atoms with Crippen LogP contribution in [0.15, 0.2) is 24.3 Å². The van der Waals surface area contributed by atoms with Crippen molar-refractivity contribution in [3.05, 3.63) is 24.3 Å². The summed E-state index contributed by atoms with van der Waals surface area (Å²) >= 11 is 0. The van der Waals surface area contributed by atoms with E-state index >= 15 is 0 Å². The number of benzene rings is 1. The van der Waals surface area contributed by atoms with Gasteiger partial charge in [0.15, 0.2) is 0 Å². The molecule has 1 aromatic carbocycles. The van der Waals surface area contributed by atoms with Crippen LogP contribution < -0.4 is 10.1 Å². The molecule has 0 radical (unpaired) electrons. The van der Waals surface area contributed by atoms with Crippen molar-refractivity contribution < 1.29 is 14.3 Å². The molecule has 0 aliphatic rings. The monoisotopic (exact) mass is 306 g/mol. The van der Waals surface area contributed by atoms with Gasteiger partial charge in [-0.25, -0.2) is 0 Å². The molecular formula is C17H26N2O3. The minimum atomic E-state index is -0.191. The summed E-state index contributed by atoms with van der Waals surface area (Å²) in [6, 6.07) is 7.21. The molecule has 0 aliphatic heterocycles. The third kappa shape index (κ3) is 6.61. The van der Waals surface area contributed by atoms with Crippen molar-refractivity contribution in [3.8, 4) is 5.75 Å². The van der Waals surface area contributed by atoms with Gasteiger partial charge in [0.25, 0.3) is 0 Å². The summed E-state index contributed by atoms with van der Waals surface area (Å²) in [7, 11) is 0. The van der Waals surface area contributed by atoms with Gasteiger partial charge < -0.3 is 15.0 Å². The summed E-state index contributed by atoms with van der Waals surface area (Å²) in [6.07, 6.45) is 2.00. The molecule has 2 amide bonds. The van der Waals surface area contributed by atoms with Crippen LogP contribution in [0.2, 0.25) is 0 Å². The van der Waals surface area contributed by atoms with Crippen molar-refractivity contribution >= 4 is 17.5 Å². The zero-order valence-electron chi connectivity index (χ0n) is 13.9. The molecule has 122 valence electrons. The Morgan fingerprint density at radius 2 is 1.86 bits per heavy atom. The number of hydrogen-bond acceptors (Lipinski definition) is 3. The molecule has 0 aliphatic carbocycles. The van der Waals surface area contributed by atoms with Gasteiger partial charge in [0.2, 0.25) is 11.8 Å². The fourth-order valence-corrected chi connectivity index (χ4v) is 1.96. The van der Waals surface area contributed by atoms with Crippen molar-refractivity contribution in [2.45, 2.75) is 46.6 Å². The number of ether oxygens (including phenoxy) is 1. The summed E-state index contributed by atoms with van der Waals surface area (Å²) < 4.78 is 5.55. The third-order valence-corrected chi connectivity index (χ3v) is 3.07. The van der Waals surface area contributed by atoms with Crippen molar-refractivity contribution in [1.82, 2.24) is 4.90 Å². The van der Waals surface area contributed by atoms with E-state index in [4.69, 9.17) is 4.74 Å². The normalized spacial score (nSPS) is 10.4. The number of carbonyl (C=O) groups excluding carboxylic acids is 2. The lowest BCUT2D eigenvalue weighted by molar-refractivity contribution is -0.132. The Morgan fingerprint density at radius 1 is 1.23 bits per heavy atom. The fraction of sp³-hybridized carbons (Fsp3) is 0.529. The van der Waals surface area contributed by atoms with Gasteiger partial charge in [0, 0.05) is 19.2 Å². The van der Waals surface area contributed by atoms with E-state index in [0.717, 1.165) is 18.6 Å². The minimum Gasteiger partial charge on any atom is -0.491 e. The Balaban J connectivity index is 2.54. The topological polar surface area (TPSA) is 58.6 Å². The van der Waals surface area contributed by atoms with Crippen molar-refractivity contribution in [2.75, 3.05) is 18.4 Å². The van der Waals surface area contributed by atoms with Gasteiger partial charge in [-0.15, -0.1) is 0 Å². The predicted octanol–water partition coefficient (Wildman–Crippen LogP) is 3.06. The highest BCUT2D eigenvalue weighted by Crippen LogP contribution is 2.16. The maximum Gasteiger partial charge on any atom is 0.243 e. The van der Waals surface area contributed by atoms with Crippen LogP contribution in [-0.2, 0) is 9.59 Å². The first-order valence-corrected chi connectivity index (χ1v) is 7.74. The number of nitrogens with one attached hydrogen (secondary N) is 1. The SMILES string of the molecule is CCCCN(CC(=O)Nc1ccc(OC(C)C)cc1)C(C)=O. The zero-order chi connectivity index (χ0) is 16.5. The number of amides is 2. The van der Waals surface area contributed by atoms with Crippen LogP contribution in [0.4, 0.5) is 5.69 Å². The molecule has 0 atom stereocenters. The summed E-state index contributed by atoms with van der Waals surface area (Å²) in [6.45, 7) is 8.16. The van der Waals surface area contributed by atoms with E-state index in [-0.39, 0.29) is 24.5 Å². The standard InChI is InChI=1S/C17H26N2O3/c1-5-6-11-19(14(4)20)12-17(21)18-15-7-9-16(10-8-15)22-13(2)3/h7-10,13H,5-6,11-12H2,1-4H3,(H,18,21). The first-order valence-electron chi connectivity index (χ1n) is 7.74. The van der Waals surface area contributed by atoms with E-state index in [1.807, 2.05) is 26.0 Å². The molecule has 0 fully saturated rings. The lowest BCUT2D eigenvalue weighted by atomic mass is 10.3. The molecule has 0 heterocycles. The number of hydrogen-bond donors (Lipinski definition) is 1. The Labute approximate surface area is 132 Å². The van der Waals surface area contributed by atoms with Gasteiger partial charge in [0.1, 0.15) is 5.75 Å². The Hall–Kier alpha value is -2.04. The highest BCUT2D eigenvalue weighted by atomic mass is 16.5. The van der Waals surface area contributed by atoms with Gasteiger partial charge in [-0.05, 0) is 44.5 Å². The molecule has 1 N–H and O–H groups in total. The van der Waals surface area contributed by atoms with Gasteiger partial charge >= 0.3 is 0 Å². The van der Waals surface area contributed by atoms with Crippen LogP contribution in [0.3, 0.4) is 0 Å². The number of unbranched alkanes of at least 4 members (excludes halogenated alkanes) is 1. The van der Waals surface area contributed by atoms with E-state index < -0.39 is 0 Å². The summed E-state index contributed by atoms with van der Waals surface area (Å²) in [5, 5.41) is 2.80. The van der Waals surface area contributed by atoms with Crippen LogP contribution in [0.5, 0.6) is 5.75 Å². The first kappa shape index (κ1) is 18.0. The largest absolute Gasteiger partial charge is 0.491 e. The van der Waals surface area contributed by atoms with E-state index in [1.165, 1.54) is 6.92 Å². The van der Waals surface area contributed by atoms with Crippen LogP contribution >= 0.6 is 0 Å². The molecule has 0 aromatic heterocycles. The average Bonchev–Trinajstić information content (AvgIpc) is 2.44. The lowest BCUT2D eigenvalue weighted by Crippen LogP contribution is -2.37. The number of anilines is 1. The molecule has 5 nitrogen and oxygen atoms in total. The molecule has 5 heteroatoms. The van der Waals surface area contributed by atoms with Gasteiger partial charge in [-0.1, -0.05) is 13.3 Å². The predicted molar refractivity (Wildman–Crippen MR) is 88.0 cm³/mol. The maximum atomic E-state index is 12.0. The molecular weight excluding hydrogens is 280 g/mol. The van der Waals surface area contributed by atoms with Crippen LogP contribution in [0, 0.1) is 0 Å². The van der Waals surface area contributed by atoms with E-state index in [0.29, 0.717) is 12.2 Å². The molecule has 0 saturated heterocycles. The van der Waals surface area contributed by atoms with Crippen molar-refractivity contribution in [1.29, 1.82) is 0 Å². The molecule has 1 rings (SSSR count). The van der Waals surface area contributed by atoms with Gasteiger partial charge in [-0.2, -0.15) is 0 Å². The van der Waals surface area contributed by atoms with Crippen LogP contribution in [0.25, 0.3) is 0 Å². The lowest BCUT2D eigenvalue weighted by Gasteiger charge is -2.20. The Kier molecular flexibility index (Phi) is 7.43. The number of nitrogens with zero attached hydrogens (tertiary/aromatic N) is 1. The number of rotatable bonds is 8. The maximum absolute atomic E-state index is 12.0. The van der Waals surface area contributed by atoms with Crippen molar-refractivity contribution in [2.24, 2.45) is 0 Å². The fourth-order valence-electron chi connectivity index (χ4n) is 1.96. The van der Waals surface area contributed by atoms with Crippen LogP contribution in [0.1, 0.15) is 40.5 Å². The highest BCUT2D eigenvalue weighted by molar-refractivity contribution is 5.94. The quantitative estimate of drug-likeness (QED) is 0.803. The summed E-state index contributed by atoms with van der Waals surface area (Å²) in [4.78, 5) is 25.1. The number of carbonyl (C=O) groups is 2. The molecule has 0 spiro atoms. The summed E-state index contributed by atoms with van der Waals surface area (Å²) in [5.41, 5.74) is 0.695. The van der Waals surface area contributed by atoms with Gasteiger partial charge in [-0.3, -0.25) is 9.59 Å². The Bertz CT molecular complexity index is 483. The molecule has 22 heavy (non-hydrogen) atoms. The molecule has 0 bridgehead atoms. The average molecular weight is 306 g/mol. The van der Waals surface area contributed by atoms with Crippen LogP contribution in [-0.4, -0.2) is 35.9 Å². The first-order chi connectivity index (χ1) is 10.4. The van der Waals surface area contributed by atoms with E-state index in [1.54, 1.807) is 17.0 Å². The Morgan fingerprint density at radius 3 is 2.36 bits per heavy atom. The van der Waals surface area contributed by atoms with Crippen molar-refractivity contribution in [3.63, 3.8) is 0 Å². The van der Waals surface area contributed by atoms with E-state index in [2.05, 4.69) is 12.2 Å². The molecule has 0 saturated carbocycles.